The molecule has 0 spiro atoms. The Balaban J connectivity index is 1.42. The summed E-state index contributed by atoms with van der Waals surface area (Å²) >= 11 is 6.70. The van der Waals surface area contributed by atoms with Crippen LogP contribution in [0.3, 0.4) is 0 Å². The van der Waals surface area contributed by atoms with Gasteiger partial charge in [0.25, 0.3) is 11.8 Å². The van der Waals surface area contributed by atoms with Crippen molar-refractivity contribution in [1.82, 2.24) is 9.80 Å². The first kappa shape index (κ1) is 21.3. The van der Waals surface area contributed by atoms with Crippen LogP contribution in [0.1, 0.15) is 18.4 Å². The van der Waals surface area contributed by atoms with Crippen molar-refractivity contribution >= 4 is 46.2 Å². The van der Waals surface area contributed by atoms with E-state index in [2.05, 4.69) is 0 Å². The Labute approximate surface area is 185 Å². The third kappa shape index (κ3) is 5.03. The van der Waals surface area contributed by atoms with Crippen molar-refractivity contribution in [2.75, 3.05) is 46.1 Å². The van der Waals surface area contributed by atoms with Gasteiger partial charge in [-0.1, -0.05) is 42.2 Å². The maximum Gasteiger partial charge on any atom is 0.266 e. The van der Waals surface area contributed by atoms with Gasteiger partial charge in [0.1, 0.15) is 10.1 Å². The number of rotatable bonds is 6. The van der Waals surface area contributed by atoms with E-state index in [9.17, 15) is 9.59 Å². The number of hydrogen-bond acceptors (Lipinski definition) is 7. The molecule has 160 valence electrons. The molecule has 1 aromatic rings. The van der Waals surface area contributed by atoms with Crippen molar-refractivity contribution in [2.24, 2.45) is 0 Å². The van der Waals surface area contributed by atoms with Crippen LogP contribution in [0.25, 0.3) is 6.08 Å². The number of morpholine rings is 1. The number of carbonyl (C=O) groups excluding carboxylic acids is 2. The maximum atomic E-state index is 12.9. The average molecular weight is 449 g/mol. The minimum Gasteiger partial charge on any atom is -0.483 e. The lowest BCUT2D eigenvalue weighted by molar-refractivity contribution is -0.137. The molecular weight excluding hydrogens is 424 g/mol. The predicted octanol–water partition coefficient (Wildman–Crippen LogP) is 2.30. The number of hydrogen-bond donors (Lipinski definition) is 0. The van der Waals surface area contributed by atoms with E-state index in [-0.39, 0.29) is 24.5 Å². The Kier molecular flexibility index (Phi) is 7.04. The fraction of sp³-hybridized carbons (Fsp3) is 0.476. The van der Waals surface area contributed by atoms with Crippen LogP contribution in [0.2, 0.25) is 0 Å². The first-order valence-electron chi connectivity index (χ1n) is 10.1. The fourth-order valence-electron chi connectivity index (χ4n) is 3.57. The molecule has 0 N–H and O–H groups in total. The monoisotopic (exact) mass is 448 g/mol. The summed E-state index contributed by atoms with van der Waals surface area (Å²) in [7, 11) is 0. The minimum atomic E-state index is -0.111. The zero-order valence-electron chi connectivity index (χ0n) is 16.6. The van der Waals surface area contributed by atoms with Gasteiger partial charge >= 0.3 is 0 Å². The van der Waals surface area contributed by atoms with E-state index in [4.69, 9.17) is 26.4 Å². The molecule has 4 rings (SSSR count). The molecule has 3 aliphatic rings. The van der Waals surface area contributed by atoms with Gasteiger partial charge in [0.05, 0.1) is 30.8 Å². The Hall–Kier alpha value is -1.94. The van der Waals surface area contributed by atoms with Gasteiger partial charge < -0.3 is 19.1 Å². The predicted molar refractivity (Wildman–Crippen MR) is 118 cm³/mol. The zero-order valence-corrected chi connectivity index (χ0v) is 18.2. The lowest BCUT2D eigenvalue weighted by atomic mass is 10.2. The van der Waals surface area contributed by atoms with Crippen molar-refractivity contribution in [1.29, 1.82) is 0 Å². The largest absolute Gasteiger partial charge is 0.483 e. The molecule has 30 heavy (non-hydrogen) atoms. The summed E-state index contributed by atoms with van der Waals surface area (Å²) < 4.78 is 17.3. The second-order valence-electron chi connectivity index (χ2n) is 7.25. The van der Waals surface area contributed by atoms with Gasteiger partial charge in [-0.05, 0) is 25.0 Å². The third-order valence-electron chi connectivity index (χ3n) is 5.20. The topological polar surface area (TPSA) is 68.3 Å². The Morgan fingerprint density at radius 2 is 2.07 bits per heavy atom. The van der Waals surface area contributed by atoms with E-state index in [1.165, 1.54) is 11.8 Å². The molecule has 9 heteroatoms. The molecule has 0 bridgehead atoms. The lowest BCUT2D eigenvalue weighted by Gasteiger charge is -2.26. The summed E-state index contributed by atoms with van der Waals surface area (Å²) in [5.41, 5.74) is 0.741. The van der Waals surface area contributed by atoms with E-state index < -0.39 is 0 Å². The van der Waals surface area contributed by atoms with Gasteiger partial charge in [-0.15, -0.1) is 0 Å². The molecule has 1 unspecified atom stereocenters. The number of thioether (sulfide) groups is 1. The minimum absolute atomic E-state index is 0.0497. The van der Waals surface area contributed by atoms with E-state index in [0.717, 1.165) is 25.0 Å². The number of nitrogens with zero attached hydrogens (tertiary/aromatic N) is 2. The van der Waals surface area contributed by atoms with Gasteiger partial charge in [0, 0.05) is 25.3 Å². The summed E-state index contributed by atoms with van der Waals surface area (Å²) in [6.45, 7) is 3.45. The van der Waals surface area contributed by atoms with Crippen LogP contribution in [0.15, 0.2) is 29.2 Å². The first-order chi connectivity index (χ1) is 14.6. The number of para-hydroxylation sites is 1. The van der Waals surface area contributed by atoms with Crippen molar-refractivity contribution in [3.8, 4) is 5.75 Å². The van der Waals surface area contributed by atoms with Crippen LogP contribution < -0.4 is 4.74 Å². The molecule has 0 aromatic heterocycles. The van der Waals surface area contributed by atoms with Gasteiger partial charge in [-0.3, -0.25) is 14.5 Å². The number of thiocarbonyl (C=S) groups is 1. The first-order valence-corrected chi connectivity index (χ1v) is 11.3. The van der Waals surface area contributed by atoms with E-state index >= 15 is 0 Å². The van der Waals surface area contributed by atoms with Crippen molar-refractivity contribution in [3.05, 3.63) is 34.7 Å². The Morgan fingerprint density at radius 3 is 2.83 bits per heavy atom. The number of ether oxygens (including phenoxy) is 3. The van der Waals surface area contributed by atoms with E-state index in [0.29, 0.717) is 47.8 Å². The molecule has 7 nitrogen and oxygen atoms in total. The molecule has 2 amide bonds. The highest BCUT2D eigenvalue weighted by Gasteiger charge is 2.34. The molecule has 0 radical (unpaired) electrons. The summed E-state index contributed by atoms with van der Waals surface area (Å²) in [5, 5.41) is 0. The van der Waals surface area contributed by atoms with Crippen molar-refractivity contribution in [3.63, 3.8) is 0 Å². The Bertz CT molecular complexity index is 848. The van der Waals surface area contributed by atoms with Crippen molar-refractivity contribution < 1.29 is 23.8 Å². The van der Waals surface area contributed by atoms with Gasteiger partial charge in [-0.25, -0.2) is 0 Å². The zero-order chi connectivity index (χ0) is 20.9. The molecular formula is C21H24N2O5S2. The van der Waals surface area contributed by atoms with E-state index in [1.54, 1.807) is 21.9 Å². The van der Waals surface area contributed by atoms with E-state index in [1.807, 2.05) is 18.2 Å². The molecule has 3 heterocycles. The highest BCUT2D eigenvalue weighted by atomic mass is 32.2. The van der Waals surface area contributed by atoms with Crippen LogP contribution >= 0.6 is 24.0 Å². The number of amides is 2. The molecule has 3 fully saturated rings. The number of benzene rings is 1. The highest BCUT2D eigenvalue weighted by Crippen LogP contribution is 2.35. The third-order valence-corrected chi connectivity index (χ3v) is 6.58. The molecule has 1 aromatic carbocycles. The van der Waals surface area contributed by atoms with Crippen LogP contribution in [0.4, 0.5) is 0 Å². The molecule has 3 aliphatic heterocycles. The van der Waals surface area contributed by atoms with Gasteiger partial charge in [-0.2, -0.15) is 0 Å². The average Bonchev–Trinajstić information content (AvgIpc) is 3.38. The molecule has 1 atom stereocenters. The van der Waals surface area contributed by atoms with Crippen molar-refractivity contribution in [2.45, 2.75) is 18.9 Å². The lowest BCUT2D eigenvalue weighted by Crippen LogP contribution is -2.43. The normalized spacial score (nSPS) is 23.5. The maximum absolute atomic E-state index is 12.9. The summed E-state index contributed by atoms with van der Waals surface area (Å²) in [6.07, 6.45) is 3.80. The van der Waals surface area contributed by atoms with Gasteiger partial charge in [0.15, 0.2) is 6.61 Å². The second kappa shape index (κ2) is 9.91. The summed E-state index contributed by atoms with van der Waals surface area (Å²) in [6, 6.07) is 7.37. The second-order valence-corrected chi connectivity index (χ2v) is 8.92. The smallest absolute Gasteiger partial charge is 0.266 e. The van der Waals surface area contributed by atoms with Crippen LogP contribution in [0, 0.1) is 0 Å². The summed E-state index contributed by atoms with van der Waals surface area (Å²) in [5.74, 6) is 0.374. The van der Waals surface area contributed by atoms with Crippen LogP contribution in [-0.4, -0.2) is 78.1 Å². The van der Waals surface area contributed by atoms with Gasteiger partial charge in [0.2, 0.25) is 0 Å². The fourth-order valence-corrected chi connectivity index (χ4v) is 4.83. The quantitative estimate of drug-likeness (QED) is 0.489. The SMILES string of the molecule is O=C(COc1ccccc1/C=C1/SC(=S)N(CC2CCCO2)C1=O)N1CCOCC1. The summed E-state index contributed by atoms with van der Waals surface area (Å²) in [4.78, 5) is 29.1. The molecule has 3 saturated heterocycles. The molecule has 0 aliphatic carbocycles. The number of carbonyl (C=O) groups is 2. The highest BCUT2D eigenvalue weighted by molar-refractivity contribution is 8.26. The molecule has 0 saturated carbocycles. The Morgan fingerprint density at radius 1 is 1.27 bits per heavy atom. The standard InChI is InChI=1S/C21H24N2O5S2/c24-19(22-7-10-26-11-8-22)14-28-17-6-2-1-4-15(17)12-18-20(25)23(21(29)30-18)13-16-5-3-9-27-16/h1-2,4,6,12,16H,3,5,7-11,13-14H2/b18-12+. The van der Waals surface area contributed by atoms with Crippen LogP contribution in [0.5, 0.6) is 5.75 Å². The van der Waals surface area contributed by atoms with Crippen LogP contribution in [-0.2, 0) is 19.1 Å².